The molecule has 0 saturated heterocycles. The normalized spacial score (nSPS) is 11.6. The lowest BCUT2D eigenvalue weighted by atomic mass is 10.1. The predicted octanol–water partition coefficient (Wildman–Crippen LogP) is 5.63. The maximum absolute atomic E-state index is 12.9. The van der Waals surface area contributed by atoms with Crippen molar-refractivity contribution in [1.82, 2.24) is 5.32 Å². The Labute approximate surface area is 173 Å². The number of benzene rings is 3. The fourth-order valence-electron chi connectivity index (χ4n) is 2.85. The number of halogens is 1. The minimum Gasteiger partial charge on any atom is -0.478 e. The quantitative estimate of drug-likeness (QED) is 0.553. The Morgan fingerprint density at radius 1 is 1.03 bits per heavy atom. The van der Waals surface area contributed by atoms with Crippen molar-refractivity contribution in [3.8, 4) is 11.5 Å². The number of aromatic carboxylic acids is 1. The van der Waals surface area contributed by atoms with Crippen molar-refractivity contribution in [1.29, 1.82) is 0 Å². The number of ether oxygens (including phenoxy) is 1. The number of carboxylic acids is 1. The standard InChI is InChI=1S/C23H20ClNO4/c1-14-4-3-5-19(12-14)29-21-11-10-18(24)13-20(21)22(26)25-15(2)16-6-8-17(9-7-16)23(27)28/h3-13,15H,1-2H3,(H,25,26)(H,27,28). The van der Waals surface area contributed by atoms with E-state index in [-0.39, 0.29) is 17.5 Å². The third-order valence-electron chi connectivity index (χ3n) is 4.41. The second-order valence-electron chi connectivity index (χ2n) is 6.68. The van der Waals surface area contributed by atoms with Crippen molar-refractivity contribution < 1.29 is 19.4 Å². The predicted molar refractivity (Wildman–Crippen MR) is 112 cm³/mol. The van der Waals surface area contributed by atoms with Gasteiger partial charge in [0.2, 0.25) is 0 Å². The second kappa shape index (κ2) is 8.80. The van der Waals surface area contributed by atoms with Gasteiger partial charge in [0.15, 0.2) is 0 Å². The molecule has 0 aliphatic heterocycles. The molecule has 29 heavy (non-hydrogen) atoms. The summed E-state index contributed by atoms with van der Waals surface area (Å²) in [6, 6.07) is 18.4. The SMILES string of the molecule is Cc1cccc(Oc2ccc(Cl)cc2C(=O)NC(C)c2ccc(C(=O)O)cc2)c1. The Hall–Kier alpha value is -3.31. The zero-order valence-electron chi connectivity index (χ0n) is 16.0. The molecule has 0 heterocycles. The fourth-order valence-corrected chi connectivity index (χ4v) is 3.02. The van der Waals surface area contributed by atoms with Crippen molar-refractivity contribution in [2.45, 2.75) is 19.9 Å². The molecule has 0 fully saturated rings. The number of amides is 1. The van der Waals surface area contributed by atoms with Crippen LogP contribution >= 0.6 is 11.6 Å². The summed E-state index contributed by atoms with van der Waals surface area (Å²) >= 11 is 6.10. The molecule has 0 aliphatic rings. The van der Waals surface area contributed by atoms with Crippen LogP contribution in [0.25, 0.3) is 0 Å². The first kappa shape index (κ1) is 20.4. The molecule has 1 amide bonds. The van der Waals surface area contributed by atoms with Gasteiger partial charge in [-0.05, 0) is 67.4 Å². The van der Waals surface area contributed by atoms with Crippen LogP contribution in [0, 0.1) is 6.92 Å². The van der Waals surface area contributed by atoms with E-state index in [4.69, 9.17) is 21.4 Å². The molecule has 148 valence electrons. The number of carbonyl (C=O) groups excluding carboxylic acids is 1. The molecule has 2 N–H and O–H groups in total. The van der Waals surface area contributed by atoms with Gasteiger partial charge in [-0.15, -0.1) is 0 Å². The average Bonchev–Trinajstić information content (AvgIpc) is 2.69. The van der Waals surface area contributed by atoms with E-state index in [0.717, 1.165) is 11.1 Å². The molecular weight excluding hydrogens is 390 g/mol. The highest BCUT2D eigenvalue weighted by Crippen LogP contribution is 2.29. The Morgan fingerprint density at radius 2 is 1.76 bits per heavy atom. The molecule has 3 rings (SSSR count). The summed E-state index contributed by atoms with van der Waals surface area (Å²) in [6.07, 6.45) is 0. The molecule has 1 atom stereocenters. The van der Waals surface area contributed by atoms with Gasteiger partial charge in [-0.25, -0.2) is 4.79 Å². The van der Waals surface area contributed by atoms with E-state index in [1.807, 2.05) is 38.1 Å². The molecule has 0 spiro atoms. The molecule has 5 nitrogen and oxygen atoms in total. The Morgan fingerprint density at radius 3 is 2.41 bits per heavy atom. The molecular formula is C23H20ClNO4. The number of hydrogen-bond acceptors (Lipinski definition) is 3. The van der Waals surface area contributed by atoms with E-state index in [9.17, 15) is 9.59 Å². The van der Waals surface area contributed by atoms with Gasteiger partial charge in [0.25, 0.3) is 5.91 Å². The van der Waals surface area contributed by atoms with Crippen LogP contribution in [0.1, 0.15) is 44.8 Å². The Kier molecular flexibility index (Phi) is 6.20. The number of aryl methyl sites for hydroxylation is 1. The lowest BCUT2D eigenvalue weighted by Gasteiger charge is -2.17. The first-order valence-electron chi connectivity index (χ1n) is 9.01. The largest absolute Gasteiger partial charge is 0.478 e. The zero-order chi connectivity index (χ0) is 21.0. The Bertz CT molecular complexity index is 1050. The number of carbonyl (C=O) groups is 2. The summed E-state index contributed by atoms with van der Waals surface area (Å²) in [5, 5.41) is 12.3. The third-order valence-corrected chi connectivity index (χ3v) is 4.64. The van der Waals surface area contributed by atoms with Gasteiger partial charge in [-0.2, -0.15) is 0 Å². The first-order valence-corrected chi connectivity index (χ1v) is 9.39. The van der Waals surface area contributed by atoms with Gasteiger partial charge in [-0.3, -0.25) is 4.79 Å². The summed E-state index contributed by atoms with van der Waals surface area (Å²) in [5.74, 6) is -0.320. The molecule has 0 aliphatic carbocycles. The number of rotatable bonds is 6. The molecule has 0 radical (unpaired) electrons. The van der Waals surface area contributed by atoms with Gasteiger partial charge in [0.1, 0.15) is 11.5 Å². The van der Waals surface area contributed by atoms with Crippen LogP contribution in [-0.2, 0) is 0 Å². The lowest BCUT2D eigenvalue weighted by molar-refractivity contribution is 0.0696. The Balaban J connectivity index is 1.80. The number of hydrogen-bond donors (Lipinski definition) is 2. The van der Waals surface area contributed by atoms with E-state index in [1.54, 1.807) is 30.3 Å². The summed E-state index contributed by atoms with van der Waals surface area (Å²) < 4.78 is 5.91. The molecule has 1 unspecified atom stereocenters. The van der Waals surface area contributed by atoms with Crippen LogP contribution in [0.2, 0.25) is 5.02 Å². The molecule has 0 aromatic heterocycles. The van der Waals surface area contributed by atoms with Crippen LogP contribution < -0.4 is 10.1 Å². The number of carboxylic acid groups (broad SMARTS) is 1. The minimum atomic E-state index is -0.995. The molecule has 0 bridgehead atoms. The number of nitrogens with one attached hydrogen (secondary N) is 1. The van der Waals surface area contributed by atoms with Crippen molar-refractivity contribution in [3.05, 3.63) is 94.0 Å². The topological polar surface area (TPSA) is 75.6 Å². The average molecular weight is 410 g/mol. The van der Waals surface area contributed by atoms with Gasteiger partial charge < -0.3 is 15.2 Å². The highest BCUT2D eigenvalue weighted by Gasteiger charge is 2.17. The fraction of sp³-hybridized carbons (Fsp3) is 0.130. The van der Waals surface area contributed by atoms with E-state index >= 15 is 0 Å². The van der Waals surface area contributed by atoms with Gasteiger partial charge in [0, 0.05) is 5.02 Å². The van der Waals surface area contributed by atoms with Crippen LogP contribution in [-0.4, -0.2) is 17.0 Å². The molecule has 3 aromatic rings. The summed E-state index contributed by atoms with van der Waals surface area (Å²) in [6.45, 7) is 3.78. The summed E-state index contributed by atoms with van der Waals surface area (Å²) in [5.41, 5.74) is 2.33. The summed E-state index contributed by atoms with van der Waals surface area (Å²) in [7, 11) is 0. The minimum absolute atomic E-state index is 0.191. The highest BCUT2D eigenvalue weighted by atomic mass is 35.5. The van der Waals surface area contributed by atoms with Crippen molar-refractivity contribution in [2.75, 3.05) is 0 Å². The highest BCUT2D eigenvalue weighted by molar-refractivity contribution is 6.31. The lowest BCUT2D eigenvalue weighted by Crippen LogP contribution is -2.27. The van der Waals surface area contributed by atoms with Crippen LogP contribution in [0.15, 0.2) is 66.7 Å². The van der Waals surface area contributed by atoms with Gasteiger partial charge in [0.05, 0.1) is 17.2 Å². The second-order valence-corrected chi connectivity index (χ2v) is 7.12. The van der Waals surface area contributed by atoms with E-state index in [1.165, 1.54) is 12.1 Å². The monoisotopic (exact) mass is 409 g/mol. The molecule has 0 saturated carbocycles. The molecule has 6 heteroatoms. The van der Waals surface area contributed by atoms with Crippen LogP contribution in [0.4, 0.5) is 0 Å². The van der Waals surface area contributed by atoms with Crippen LogP contribution in [0.5, 0.6) is 11.5 Å². The van der Waals surface area contributed by atoms with Crippen molar-refractivity contribution >= 4 is 23.5 Å². The van der Waals surface area contributed by atoms with E-state index in [2.05, 4.69) is 5.32 Å². The zero-order valence-corrected chi connectivity index (χ0v) is 16.7. The summed E-state index contributed by atoms with van der Waals surface area (Å²) in [4.78, 5) is 23.9. The van der Waals surface area contributed by atoms with E-state index in [0.29, 0.717) is 22.1 Å². The maximum Gasteiger partial charge on any atom is 0.335 e. The maximum atomic E-state index is 12.9. The van der Waals surface area contributed by atoms with E-state index < -0.39 is 5.97 Å². The van der Waals surface area contributed by atoms with Crippen molar-refractivity contribution in [3.63, 3.8) is 0 Å². The molecule has 3 aromatic carbocycles. The van der Waals surface area contributed by atoms with Gasteiger partial charge >= 0.3 is 5.97 Å². The first-order chi connectivity index (χ1) is 13.8. The van der Waals surface area contributed by atoms with Crippen LogP contribution in [0.3, 0.4) is 0 Å². The smallest absolute Gasteiger partial charge is 0.335 e. The van der Waals surface area contributed by atoms with Gasteiger partial charge in [-0.1, -0.05) is 35.9 Å². The van der Waals surface area contributed by atoms with Crippen molar-refractivity contribution in [2.24, 2.45) is 0 Å². The third kappa shape index (κ3) is 5.15.